The van der Waals surface area contributed by atoms with Crippen molar-refractivity contribution in [3.8, 4) is 5.75 Å². The first-order valence-corrected chi connectivity index (χ1v) is 10.7. The molecule has 1 N–H and O–H groups in total. The van der Waals surface area contributed by atoms with E-state index >= 15 is 0 Å². The minimum atomic E-state index is -0.550. The van der Waals surface area contributed by atoms with Crippen LogP contribution in [0, 0.1) is 5.92 Å². The first kappa shape index (κ1) is 21.9. The molecule has 0 radical (unpaired) electrons. The van der Waals surface area contributed by atoms with Gasteiger partial charge in [-0.1, -0.05) is 64.1 Å². The van der Waals surface area contributed by atoms with Crippen LogP contribution < -0.4 is 15.0 Å². The molecule has 1 heterocycles. The maximum absolute atomic E-state index is 12.8. The third-order valence-electron chi connectivity index (χ3n) is 5.58. The van der Waals surface area contributed by atoms with Crippen molar-refractivity contribution < 1.29 is 14.3 Å². The van der Waals surface area contributed by atoms with Crippen molar-refractivity contribution in [3.05, 3.63) is 59.7 Å². The largest absolute Gasteiger partial charge is 0.479 e. The predicted molar refractivity (Wildman–Crippen MR) is 120 cm³/mol. The van der Waals surface area contributed by atoms with Gasteiger partial charge in [-0.2, -0.15) is 0 Å². The summed E-state index contributed by atoms with van der Waals surface area (Å²) in [6.45, 7) is 10.6. The summed E-state index contributed by atoms with van der Waals surface area (Å²) in [5, 5.41) is 3.16. The Bertz CT molecular complexity index is 890. The van der Waals surface area contributed by atoms with Crippen LogP contribution in [0.4, 0.5) is 5.69 Å². The molecule has 2 atom stereocenters. The number of ether oxygens (including phenoxy) is 1. The van der Waals surface area contributed by atoms with Gasteiger partial charge in [-0.25, -0.2) is 0 Å². The quantitative estimate of drug-likeness (QED) is 0.714. The fraction of sp³-hybridized carbons (Fsp3) is 0.440. The number of rotatable bonds is 7. The number of benzene rings is 2. The average molecular weight is 409 g/mol. The fourth-order valence-corrected chi connectivity index (χ4v) is 3.77. The highest BCUT2D eigenvalue weighted by Crippen LogP contribution is 2.33. The molecule has 0 bridgehead atoms. The third kappa shape index (κ3) is 4.84. The van der Waals surface area contributed by atoms with Crippen LogP contribution in [0.3, 0.4) is 0 Å². The Morgan fingerprint density at radius 2 is 1.67 bits per heavy atom. The van der Waals surface area contributed by atoms with E-state index in [0.29, 0.717) is 18.2 Å². The Labute approximate surface area is 179 Å². The Hall–Kier alpha value is -2.82. The molecule has 5 nitrogen and oxygen atoms in total. The molecule has 1 aliphatic rings. The van der Waals surface area contributed by atoms with Crippen LogP contribution in [0.15, 0.2) is 48.5 Å². The van der Waals surface area contributed by atoms with Crippen LogP contribution >= 0.6 is 0 Å². The standard InChI is InChI=1S/C25H32N2O3/c1-16(2)19-10-12-20(13-11-19)24(17(3)4)26-23(28)14-15-27-21-8-6-7-9-22(21)30-18(5)25(27)29/h6-13,16-18,24H,14-15H2,1-5H3,(H,26,28). The van der Waals surface area contributed by atoms with Crippen molar-refractivity contribution in [1.82, 2.24) is 5.32 Å². The minimum absolute atomic E-state index is 0.0638. The SMILES string of the molecule is CC1Oc2ccccc2N(CCC(=O)NC(c2ccc(C(C)C)cc2)C(C)C)C1=O. The molecule has 0 saturated heterocycles. The van der Waals surface area contributed by atoms with Crippen LogP contribution in [-0.4, -0.2) is 24.5 Å². The van der Waals surface area contributed by atoms with E-state index in [1.54, 1.807) is 11.8 Å². The maximum Gasteiger partial charge on any atom is 0.267 e. The number of carbonyl (C=O) groups is 2. The zero-order chi connectivity index (χ0) is 21.8. The molecule has 2 aromatic carbocycles. The number of hydrogen-bond acceptors (Lipinski definition) is 3. The van der Waals surface area contributed by atoms with Gasteiger partial charge < -0.3 is 15.0 Å². The van der Waals surface area contributed by atoms with E-state index in [0.717, 1.165) is 11.3 Å². The fourth-order valence-electron chi connectivity index (χ4n) is 3.77. The van der Waals surface area contributed by atoms with Crippen LogP contribution in [-0.2, 0) is 9.59 Å². The van der Waals surface area contributed by atoms with Crippen molar-refractivity contribution in [1.29, 1.82) is 0 Å². The van der Waals surface area contributed by atoms with Crippen LogP contribution in [0.25, 0.3) is 0 Å². The van der Waals surface area contributed by atoms with Gasteiger partial charge >= 0.3 is 0 Å². The summed E-state index contributed by atoms with van der Waals surface area (Å²) in [6.07, 6.45) is -0.314. The minimum Gasteiger partial charge on any atom is -0.479 e. The molecule has 1 aliphatic heterocycles. The zero-order valence-electron chi connectivity index (χ0n) is 18.5. The van der Waals surface area contributed by atoms with E-state index in [9.17, 15) is 9.59 Å². The number of nitrogens with one attached hydrogen (secondary N) is 1. The van der Waals surface area contributed by atoms with Crippen molar-refractivity contribution in [2.24, 2.45) is 5.92 Å². The molecule has 0 spiro atoms. The number of amides is 2. The lowest BCUT2D eigenvalue weighted by Gasteiger charge is -2.33. The van der Waals surface area contributed by atoms with E-state index in [-0.39, 0.29) is 30.2 Å². The van der Waals surface area contributed by atoms with Crippen molar-refractivity contribution in [3.63, 3.8) is 0 Å². The molecule has 0 fully saturated rings. The summed E-state index contributed by atoms with van der Waals surface area (Å²) in [5.41, 5.74) is 3.11. The number of carbonyl (C=O) groups excluding carboxylic acids is 2. The number of fused-ring (bicyclic) bond motifs is 1. The second kappa shape index (κ2) is 9.33. The normalized spacial score (nSPS) is 17.0. The first-order valence-electron chi connectivity index (χ1n) is 10.7. The summed E-state index contributed by atoms with van der Waals surface area (Å²) in [5.74, 6) is 1.22. The van der Waals surface area contributed by atoms with Gasteiger partial charge in [0.05, 0.1) is 11.7 Å². The highest BCUT2D eigenvalue weighted by atomic mass is 16.5. The van der Waals surface area contributed by atoms with Gasteiger partial charge in [-0.3, -0.25) is 9.59 Å². The summed E-state index contributed by atoms with van der Waals surface area (Å²) in [6, 6.07) is 15.8. The molecule has 30 heavy (non-hydrogen) atoms. The molecule has 0 aliphatic carbocycles. The Morgan fingerprint density at radius 1 is 1.03 bits per heavy atom. The van der Waals surface area contributed by atoms with Crippen LogP contribution in [0.2, 0.25) is 0 Å². The smallest absolute Gasteiger partial charge is 0.267 e. The summed E-state index contributed by atoms with van der Waals surface area (Å²) in [4.78, 5) is 27.0. The van der Waals surface area contributed by atoms with E-state index in [1.165, 1.54) is 5.56 Å². The number of hydrogen-bond donors (Lipinski definition) is 1. The third-order valence-corrected chi connectivity index (χ3v) is 5.58. The number of anilines is 1. The van der Waals surface area contributed by atoms with E-state index in [1.807, 2.05) is 24.3 Å². The molecule has 5 heteroatoms. The Kier molecular flexibility index (Phi) is 6.80. The number of nitrogens with zero attached hydrogens (tertiary/aromatic N) is 1. The van der Waals surface area contributed by atoms with Gasteiger partial charge in [0.1, 0.15) is 5.75 Å². The second-order valence-corrected chi connectivity index (χ2v) is 8.58. The topological polar surface area (TPSA) is 58.6 Å². The number of para-hydroxylation sites is 2. The van der Waals surface area contributed by atoms with Crippen LogP contribution in [0.1, 0.15) is 64.1 Å². The molecule has 2 aromatic rings. The molecule has 0 saturated carbocycles. The zero-order valence-corrected chi connectivity index (χ0v) is 18.5. The molecule has 2 unspecified atom stereocenters. The van der Waals surface area contributed by atoms with Crippen molar-refractivity contribution in [2.45, 2.75) is 59.1 Å². The van der Waals surface area contributed by atoms with Gasteiger partial charge in [0.25, 0.3) is 5.91 Å². The molecule has 160 valence electrons. The molecule has 3 rings (SSSR count). The van der Waals surface area contributed by atoms with E-state index < -0.39 is 6.10 Å². The van der Waals surface area contributed by atoms with Gasteiger partial charge in [0.2, 0.25) is 5.91 Å². The second-order valence-electron chi connectivity index (χ2n) is 8.58. The molecular weight excluding hydrogens is 376 g/mol. The summed E-state index contributed by atoms with van der Waals surface area (Å²) < 4.78 is 5.67. The van der Waals surface area contributed by atoms with E-state index in [2.05, 4.69) is 57.3 Å². The lowest BCUT2D eigenvalue weighted by atomic mass is 9.93. The monoisotopic (exact) mass is 408 g/mol. The summed E-state index contributed by atoms with van der Waals surface area (Å²) >= 11 is 0. The predicted octanol–water partition coefficient (Wildman–Crippen LogP) is 4.83. The van der Waals surface area contributed by atoms with Gasteiger partial charge in [0, 0.05) is 13.0 Å². The lowest BCUT2D eigenvalue weighted by molar-refractivity contribution is -0.125. The van der Waals surface area contributed by atoms with Gasteiger partial charge in [-0.05, 0) is 42.0 Å². The van der Waals surface area contributed by atoms with Crippen molar-refractivity contribution in [2.75, 3.05) is 11.4 Å². The summed E-state index contributed by atoms with van der Waals surface area (Å²) in [7, 11) is 0. The molecular formula is C25H32N2O3. The highest BCUT2D eigenvalue weighted by molar-refractivity contribution is 6.00. The van der Waals surface area contributed by atoms with Gasteiger partial charge in [-0.15, -0.1) is 0 Å². The van der Waals surface area contributed by atoms with Gasteiger partial charge in [0.15, 0.2) is 6.10 Å². The first-order chi connectivity index (χ1) is 14.3. The Morgan fingerprint density at radius 3 is 2.30 bits per heavy atom. The molecule has 2 amide bonds. The van der Waals surface area contributed by atoms with Crippen molar-refractivity contribution >= 4 is 17.5 Å². The van der Waals surface area contributed by atoms with Crippen LogP contribution in [0.5, 0.6) is 5.75 Å². The average Bonchev–Trinajstić information content (AvgIpc) is 2.72. The molecule has 0 aromatic heterocycles. The maximum atomic E-state index is 12.8. The Balaban J connectivity index is 1.67. The van der Waals surface area contributed by atoms with E-state index in [4.69, 9.17) is 4.74 Å². The lowest BCUT2D eigenvalue weighted by Crippen LogP contribution is -2.46. The highest BCUT2D eigenvalue weighted by Gasteiger charge is 2.31.